The van der Waals surface area contributed by atoms with E-state index in [1.165, 1.54) is 6.08 Å². The number of carbonyl (C=O) groups excluding carboxylic acids is 3. The van der Waals surface area contributed by atoms with Crippen LogP contribution in [0.4, 0.5) is 0 Å². The number of hydrogen-bond donors (Lipinski definition) is 1. The van der Waals surface area contributed by atoms with Gasteiger partial charge in [-0.25, -0.2) is 4.79 Å². The van der Waals surface area contributed by atoms with Crippen molar-refractivity contribution in [3.63, 3.8) is 0 Å². The molecule has 5 nitrogen and oxygen atoms in total. The van der Waals surface area contributed by atoms with Crippen LogP contribution in [0.15, 0.2) is 91.0 Å². The highest BCUT2D eigenvalue weighted by Crippen LogP contribution is 2.11. The van der Waals surface area contributed by atoms with Crippen LogP contribution in [-0.4, -0.2) is 30.3 Å². The number of amides is 1. The number of hydrogen-bond acceptors (Lipinski definition) is 4. The van der Waals surface area contributed by atoms with Gasteiger partial charge in [-0.3, -0.25) is 9.59 Å². The van der Waals surface area contributed by atoms with Gasteiger partial charge in [0, 0.05) is 12.5 Å². The zero-order chi connectivity index (χ0) is 23.5. The average Bonchev–Trinajstić information content (AvgIpc) is 2.84. The fourth-order valence-electron chi connectivity index (χ4n) is 3.35. The number of carbonyl (C=O) groups is 3. The molecule has 0 aliphatic carbocycles. The molecule has 3 rings (SSSR count). The minimum absolute atomic E-state index is 0.107. The predicted molar refractivity (Wildman–Crippen MR) is 129 cm³/mol. The second-order valence-electron chi connectivity index (χ2n) is 7.56. The van der Waals surface area contributed by atoms with E-state index < -0.39 is 12.0 Å². The predicted octanol–water partition coefficient (Wildman–Crippen LogP) is 4.42. The molecule has 5 heteroatoms. The Labute approximate surface area is 194 Å². The van der Waals surface area contributed by atoms with Gasteiger partial charge >= 0.3 is 5.97 Å². The maximum atomic E-state index is 13.1. The van der Waals surface area contributed by atoms with Crippen molar-refractivity contribution in [1.29, 1.82) is 0 Å². The summed E-state index contributed by atoms with van der Waals surface area (Å²) in [6, 6.07) is 25.2. The van der Waals surface area contributed by atoms with Gasteiger partial charge in [0.05, 0.1) is 18.2 Å². The summed E-state index contributed by atoms with van der Waals surface area (Å²) in [6.45, 7) is 2.06. The molecule has 3 aromatic rings. The fourth-order valence-corrected chi connectivity index (χ4v) is 3.35. The minimum Gasteiger partial charge on any atom is -0.462 e. The highest BCUT2D eigenvalue weighted by molar-refractivity contribution is 5.96. The highest BCUT2D eigenvalue weighted by Gasteiger charge is 2.21. The van der Waals surface area contributed by atoms with Crippen molar-refractivity contribution in [3.05, 3.63) is 113 Å². The Hall–Kier alpha value is -3.99. The Kier molecular flexibility index (Phi) is 8.71. The normalized spacial score (nSPS) is 11.7. The standard InChI is InChI=1S/C28H27NO4/c1-2-33-28(32)24-16-13-23(14-17-24)20-26(30)25(19-22-11-7-4-8-12-22)29-27(31)18-15-21-9-5-3-6-10-21/h3-18,25H,2,19-20H2,1H3,(H,29,31)/b18-15-/t25-/m0/s1. The molecule has 168 valence electrons. The van der Waals surface area contributed by atoms with Crippen molar-refractivity contribution in [2.75, 3.05) is 6.61 Å². The van der Waals surface area contributed by atoms with E-state index in [2.05, 4.69) is 5.32 Å². The lowest BCUT2D eigenvalue weighted by atomic mass is 9.97. The van der Waals surface area contributed by atoms with Crippen molar-refractivity contribution < 1.29 is 19.1 Å². The second kappa shape index (κ2) is 12.2. The van der Waals surface area contributed by atoms with Gasteiger partial charge in [-0.15, -0.1) is 0 Å². The van der Waals surface area contributed by atoms with Gasteiger partial charge < -0.3 is 10.1 Å². The van der Waals surface area contributed by atoms with Crippen LogP contribution < -0.4 is 5.32 Å². The molecule has 0 unspecified atom stereocenters. The average molecular weight is 442 g/mol. The van der Waals surface area contributed by atoms with E-state index >= 15 is 0 Å². The van der Waals surface area contributed by atoms with Gasteiger partial charge in [0.15, 0.2) is 5.78 Å². The molecule has 33 heavy (non-hydrogen) atoms. The Balaban J connectivity index is 1.70. The number of nitrogens with one attached hydrogen (secondary N) is 1. The van der Waals surface area contributed by atoms with Crippen molar-refractivity contribution in [2.45, 2.75) is 25.8 Å². The maximum absolute atomic E-state index is 13.1. The van der Waals surface area contributed by atoms with Crippen LogP contribution >= 0.6 is 0 Å². The molecule has 0 aromatic heterocycles. The van der Waals surface area contributed by atoms with Gasteiger partial charge in [0.2, 0.25) is 5.91 Å². The monoisotopic (exact) mass is 441 g/mol. The lowest BCUT2D eigenvalue weighted by molar-refractivity contribution is -0.125. The number of benzene rings is 3. The third-order valence-electron chi connectivity index (χ3n) is 5.06. The summed E-state index contributed by atoms with van der Waals surface area (Å²) < 4.78 is 4.99. The van der Waals surface area contributed by atoms with Gasteiger partial charge in [0.1, 0.15) is 0 Å². The first kappa shape index (κ1) is 23.7. The first-order chi connectivity index (χ1) is 16.0. The molecule has 0 radical (unpaired) electrons. The summed E-state index contributed by atoms with van der Waals surface area (Å²) >= 11 is 0. The Morgan fingerprint density at radius 2 is 1.48 bits per heavy atom. The van der Waals surface area contributed by atoms with Gasteiger partial charge in [-0.05, 0) is 48.2 Å². The summed E-state index contributed by atoms with van der Waals surface area (Å²) in [5.41, 5.74) is 3.06. The molecule has 1 amide bonds. The van der Waals surface area contributed by atoms with E-state index in [0.717, 1.165) is 16.7 Å². The van der Waals surface area contributed by atoms with E-state index in [0.29, 0.717) is 18.6 Å². The zero-order valence-electron chi connectivity index (χ0n) is 18.6. The molecule has 3 aromatic carbocycles. The van der Waals surface area contributed by atoms with Crippen molar-refractivity contribution in [3.8, 4) is 0 Å². The van der Waals surface area contributed by atoms with E-state index in [1.54, 1.807) is 37.3 Å². The minimum atomic E-state index is -0.676. The Morgan fingerprint density at radius 1 is 0.848 bits per heavy atom. The fraction of sp³-hybridized carbons (Fsp3) is 0.179. The molecule has 0 saturated heterocycles. The van der Waals surface area contributed by atoms with Gasteiger partial charge in [-0.1, -0.05) is 72.8 Å². The molecule has 0 aliphatic rings. The van der Waals surface area contributed by atoms with E-state index in [4.69, 9.17) is 4.74 Å². The molecule has 0 fully saturated rings. The molecule has 1 N–H and O–H groups in total. The molecule has 0 spiro atoms. The summed E-state index contributed by atoms with van der Waals surface area (Å²) in [5.74, 6) is -0.829. The maximum Gasteiger partial charge on any atom is 0.338 e. The number of ketones is 1. The van der Waals surface area contributed by atoms with Crippen LogP contribution in [0.2, 0.25) is 0 Å². The Morgan fingerprint density at radius 3 is 2.12 bits per heavy atom. The third-order valence-corrected chi connectivity index (χ3v) is 5.06. The zero-order valence-corrected chi connectivity index (χ0v) is 18.6. The third kappa shape index (κ3) is 7.58. The smallest absolute Gasteiger partial charge is 0.338 e. The van der Waals surface area contributed by atoms with E-state index in [9.17, 15) is 14.4 Å². The van der Waals surface area contributed by atoms with Crippen LogP contribution in [0, 0.1) is 0 Å². The lowest BCUT2D eigenvalue weighted by Crippen LogP contribution is -2.42. The molecule has 0 bridgehead atoms. The largest absolute Gasteiger partial charge is 0.462 e. The highest BCUT2D eigenvalue weighted by atomic mass is 16.5. The Bertz CT molecular complexity index is 1090. The van der Waals surface area contributed by atoms with Crippen LogP contribution in [-0.2, 0) is 27.2 Å². The quantitative estimate of drug-likeness (QED) is 0.374. The topological polar surface area (TPSA) is 72.5 Å². The summed E-state index contributed by atoms with van der Waals surface area (Å²) in [4.78, 5) is 37.5. The molecule has 1 atom stereocenters. The summed E-state index contributed by atoms with van der Waals surface area (Å²) in [7, 11) is 0. The first-order valence-electron chi connectivity index (χ1n) is 10.9. The number of esters is 1. The van der Waals surface area contributed by atoms with Gasteiger partial charge in [-0.2, -0.15) is 0 Å². The summed E-state index contributed by atoms with van der Waals surface area (Å²) in [5, 5.41) is 2.85. The molecular weight excluding hydrogens is 414 g/mol. The van der Waals surface area contributed by atoms with Gasteiger partial charge in [0.25, 0.3) is 0 Å². The molecular formula is C28H27NO4. The second-order valence-corrected chi connectivity index (χ2v) is 7.56. The van der Waals surface area contributed by atoms with Crippen LogP contribution in [0.1, 0.15) is 34.0 Å². The van der Waals surface area contributed by atoms with Crippen molar-refractivity contribution in [2.24, 2.45) is 0 Å². The van der Waals surface area contributed by atoms with Crippen LogP contribution in [0.5, 0.6) is 0 Å². The lowest BCUT2D eigenvalue weighted by Gasteiger charge is -2.17. The van der Waals surface area contributed by atoms with Crippen molar-refractivity contribution in [1.82, 2.24) is 5.32 Å². The molecule has 0 aliphatic heterocycles. The van der Waals surface area contributed by atoms with E-state index in [-0.39, 0.29) is 18.1 Å². The van der Waals surface area contributed by atoms with Crippen LogP contribution in [0.25, 0.3) is 6.08 Å². The number of rotatable bonds is 10. The van der Waals surface area contributed by atoms with Crippen molar-refractivity contribution >= 4 is 23.7 Å². The van der Waals surface area contributed by atoms with Crippen LogP contribution in [0.3, 0.4) is 0 Å². The molecule has 0 saturated carbocycles. The number of ether oxygens (including phenoxy) is 1. The van der Waals surface area contributed by atoms with E-state index in [1.807, 2.05) is 60.7 Å². The SMILES string of the molecule is CCOC(=O)c1ccc(CC(=O)[C@H](Cc2ccccc2)NC(=O)/C=C\c2ccccc2)cc1. The first-order valence-corrected chi connectivity index (χ1v) is 10.9. The summed E-state index contributed by atoms with van der Waals surface area (Å²) in [6.07, 6.45) is 3.69. The molecule has 0 heterocycles. The number of Topliss-reactive ketones (excluding diaryl/α,β-unsaturated/α-hetero) is 1.